The van der Waals surface area contributed by atoms with Crippen LogP contribution in [0.1, 0.15) is 23.2 Å². The summed E-state index contributed by atoms with van der Waals surface area (Å²) >= 11 is 9.07. The molecular formula is C15H16ClN3OS2. The van der Waals surface area contributed by atoms with E-state index < -0.39 is 0 Å². The van der Waals surface area contributed by atoms with Gasteiger partial charge in [-0.05, 0) is 25.6 Å². The summed E-state index contributed by atoms with van der Waals surface area (Å²) < 4.78 is 2.46. The van der Waals surface area contributed by atoms with Crippen LogP contribution in [0.2, 0.25) is 4.34 Å². The van der Waals surface area contributed by atoms with Crippen LogP contribution in [-0.2, 0) is 13.1 Å². The molecule has 3 aromatic rings. The van der Waals surface area contributed by atoms with Crippen LogP contribution >= 0.6 is 34.3 Å². The summed E-state index contributed by atoms with van der Waals surface area (Å²) in [4.78, 5) is 21.0. The fraction of sp³-hybridized carbons (Fsp3) is 0.333. The second-order valence-electron chi connectivity index (χ2n) is 5.09. The highest BCUT2D eigenvalue weighted by atomic mass is 35.5. The Morgan fingerprint density at radius 1 is 1.36 bits per heavy atom. The van der Waals surface area contributed by atoms with E-state index in [2.05, 4.69) is 16.8 Å². The van der Waals surface area contributed by atoms with E-state index in [1.807, 2.05) is 24.4 Å². The summed E-state index contributed by atoms with van der Waals surface area (Å²) in [6, 6.07) is 5.60. The van der Waals surface area contributed by atoms with E-state index in [4.69, 9.17) is 11.6 Å². The zero-order chi connectivity index (χ0) is 15.7. The maximum absolute atomic E-state index is 12.2. The number of aryl methyl sites for hydroxylation is 1. The van der Waals surface area contributed by atoms with Gasteiger partial charge >= 0.3 is 0 Å². The first-order valence-electron chi connectivity index (χ1n) is 7.00. The average Bonchev–Trinajstić information content (AvgIpc) is 3.05. The van der Waals surface area contributed by atoms with Crippen molar-refractivity contribution in [3.63, 3.8) is 0 Å². The third kappa shape index (κ3) is 3.25. The third-order valence-electron chi connectivity index (χ3n) is 3.47. The van der Waals surface area contributed by atoms with Gasteiger partial charge in [-0.25, -0.2) is 4.98 Å². The van der Waals surface area contributed by atoms with E-state index in [1.54, 1.807) is 21.8 Å². The first-order chi connectivity index (χ1) is 10.6. The van der Waals surface area contributed by atoms with Crippen LogP contribution in [0, 0.1) is 6.92 Å². The Labute approximate surface area is 141 Å². The van der Waals surface area contributed by atoms with Crippen LogP contribution < -0.4 is 5.56 Å². The minimum absolute atomic E-state index is 0.00558. The number of aromatic nitrogens is 2. The Hall–Kier alpha value is -1.21. The van der Waals surface area contributed by atoms with E-state index in [0.717, 1.165) is 33.8 Å². The van der Waals surface area contributed by atoms with Crippen molar-refractivity contribution in [2.75, 3.05) is 6.54 Å². The number of fused-ring (bicyclic) bond motifs is 1. The molecule has 0 unspecified atom stereocenters. The van der Waals surface area contributed by atoms with E-state index in [1.165, 1.54) is 16.2 Å². The molecule has 0 spiro atoms. The standard InChI is InChI=1S/C15H16ClN3OS2/c1-3-18(8-12-4-5-13(16)22-12)7-11-6-14(20)19-10(2)9-21-15(19)17-11/h4-6,9H,3,7-8H2,1-2H3. The summed E-state index contributed by atoms with van der Waals surface area (Å²) in [5.41, 5.74) is 1.75. The lowest BCUT2D eigenvalue weighted by Crippen LogP contribution is -2.24. The molecule has 0 saturated carbocycles. The molecule has 3 aromatic heterocycles. The van der Waals surface area contributed by atoms with Crippen molar-refractivity contribution < 1.29 is 0 Å². The molecule has 0 aromatic carbocycles. The molecule has 0 fully saturated rings. The first-order valence-corrected chi connectivity index (χ1v) is 9.07. The Morgan fingerprint density at radius 3 is 2.86 bits per heavy atom. The van der Waals surface area contributed by atoms with Gasteiger partial charge in [-0.2, -0.15) is 0 Å². The second-order valence-corrected chi connectivity index (χ2v) is 7.73. The van der Waals surface area contributed by atoms with Gasteiger partial charge < -0.3 is 0 Å². The second kappa shape index (κ2) is 6.50. The minimum Gasteiger partial charge on any atom is -0.293 e. The highest BCUT2D eigenvalue weighted by molar-refractivity contribution is 7.16. The Bertz CT molecular complexity index is 852. The van der Waals surface area contributed by atoms with Crippen molar-refractivity contribution in [2.24, 2.45) is 0 Å². The van der Waals surface area contributed by atoms with Gasteiger partial charge in [-0.15, -0.1) is 22.7 Å². The van der Waals surface area contributed by atoms with E-state index >= 15 is 0 Å². The highest BCUT2D eigenvalue weighted by Crippen LogP contribution is 2.23. The molecule has 0 bridgehead atoms. The summed E-state index contributed by atoms with van der Waals surface area (Å²) in [5.74, 6) is 0. The van der Waals surface area contributed by atoms with Gasteiger partial charge in [0, 0.05) is 35.1 Å². The number of thiophene rings is 1. The Kier molecular flexibility index (Phi) is 4.63. The van der Waals surface area contributed by atoms with E-state index in [0.29, 0.717) is 6.54 Å². The number of thiazole rings is 1. The van der Waals surface area contributed by atoms with E-state index in [9.17, 15) is 4.79 Å². The number of halogens is 1. The monoisotopic (exact) mass is 353 g/mol. The molecule has 0 amide bonds. The zero-order valence-electron chi connectivity index (χ0n) is 12.4. The molecular weight excluding hydrogens is 338 g/mol. The Balaban J connectivity index is 1.82. The fourth-order valence-corrected chi connectivity index (χ4v) is 4.37. The molecule has 0 aliphatic heterocycles. The fourth-order valence-electron chi connectivity index (χ4n) is 2.35. The largest absolute Gasteiger partial charge is 0.293 e. The number of rotatable bonds is 5. The molecule has 0 saturated heterocycles. The van der Waals surface area contributed by atoms with Gasteiger partial charge in [0.25, 0.3) is 5.56 Å². The third-order valence-corrected chi connectivity index (χ3v) is 5.63. The van der Waals surface area contributed by atoms with Crippen LogP contribution in [-0.4, -0.2) is 20.8 Å². The summed E-state index contributed by atoms with van der Waals surface area (Å²) in [5, 5.41) is 1.96. The molecule has 0 aliphatic rings. The van der Waals surface area contributed by atoms with Gasteiger partial charge in [0.2, 0.25) is 0 Å². The van der Waals surface area contributed by atoms with Gasteiger partial charge in [0.1, 0.15) is 0 Å². The van der Waals surface area contributed by atoms with Crippen LogP contribution in [0.3, 0.4) is 0 Å². The number of hydrogen-bond acceptors (Lipinski definition) is 5. The van der Waals surface area contributed by atoms with Crippen LogP contribution in [0.4, 0.5) is 0 Å². The first kappa shape index (κ1) is 15.7. The average molecular weight is 354 g/mol. The quantitative estimate of drug-likeness (QED) is 0.700. The van der Waals surface area contributed by atoms with Gasteiger partial charge in [-0.3, -0.25) is 14.1 Å². The van der Waals surface area contributed by atoms with Gasteiger partial charge in [-0.1, -0.05) is 18.5 Å². The van der Waals surface area contributed by atoms with Crippen molar-refractivity contribution in [2.45, 2.75) is 26.9 Å². The smallest absolute Gasteiger partial charge is 0.259 e. The van der Waals surface area contributed by atoms with Crippen LogP contribution in [0.25, 0.3) is 4.96 Å². The molecule has 0 N–H and O–H groups in total. The zero-order valence-corrected chi connectivity index (χ0v) is 14.8. The van der Waals surface area contributed by atoms with Crippen molar-refractivity contribution >= 4 is 39.2 Å². The number of nitrogens with zero attached hydrogens (tertiary/aromatic N) is 3. The lowest BCUT2D eigenvalue weighted by Gasteiger charge is -2.18. The molecule has 3 rings (SSSR count). The van der Waals surface area contributed by atoms with Crippen LogP contribution in [0.15, 0.2) is 28.4 Å². The molecule has 7 heteroatoms. The molecule has 0 radical (unpaired) electrons. The van der Waals surface area contributed by atoms with Gasteiger partial charge in [0.15, 0.2) is 4.96 Å². The lowest BCUT2D eigenvalue weighted by atomic mass is 10.3. The van der Waals surface area contributed by atoms with Crippen molar-refractivity contribution in [1.29, 1.82) is 0 Å². The molecule has 3 heterocycles. The molecule has 4 nitrogen and oxygen atoms in total. The molecule has 0 atom stereocenters. The molecule has 22 heavy (non-hydrogen) atoms. The highest BCUT2D eigenvalue weighted by Gasteiger charge is 2.11. The predicted octanol–water partition coefficient (Wildman–Crippen LogP) is 3.80. The maximum Gasteiger partial charge on any atom is 0.259 e. The van der Waals surface area contributed by atoms with E-state index in [-0.39, 0.29) is 5.56 Å². The van der Waals surface area contributed by atoms with Crippen LogP contribution in [0.5, 0.6) is 0 Å². The minimum atomic E-state index is -0.00558. The molecule has 0 aliphatic carbocycles. The van der Waals surface area contributed by atoms with Crippen molar-refractivity contribution in [1.82, 2.24) is 14.3 Å². The predicted molar refractivity (Wildman–Crippen MR) is 93.2 cm³/mol. The number of hydrogen-bond donors (Lipinski definition) is 0. The normalized spacial score (nSPS) is 11.6. The summed E-state index contributed by atoms with van der Waals surface area (Å²) in [6.45, 7) is 6.40. The SMILES string of the molecule is CCN(Cc1cc(=O)n2c(C)csc2n1)Cc1ccc(Cl)s1. The Morgan fingerprint density at radius 2 is 2.18 bits per heavy atom. The topological polar surface area (TPSA) is 37.6 Å². The summed E-state index contributed by atoms with van der Waals surface area (Å²) in [6.07, 6.45) is 0. The maximum atomic E-state index is 12.2. The summed E-state index contributed by atoms with van der Waals surface area (Å²) in [7, 11) is 0. The molecule has 116 valence electrons. The van der Waals surface area contributed by atoms with Crippen molar-refractivity contribution in [3.8, 4) is 0 Å². The van der Waals surface area contributed by atoms with Crippen molar-refractivity contribution in [3.05, 3.63) is 54.5 Å². The lowest BCUT2D eigenvalue weighted by molar-refractivity contribution is 0.270. The van der Waals surface area contributed by atoms with Gasteiger partial charge in [0.05, 0.1) is 10.0 Å².